The summed E-state index contributed by atoms with van der Waals surface area (Å²) in [6.07, 6.45) is 0. The first-order valence-electron chi connectivity index (χ1n) is 9.84. The summed E-state index contributed by atoms with van der Waals surface area (Å²) in [5.74, 6) is 0.788. The van der Waals surface area contributed by atoms with Crippen molar-refractivity contribution in [1.29, 1.82) is 0 Å². The maximum Gasteiger partial charge on any atom is 0.145 e. The summed E-state index contributed by atoms with van der Waals surface area (Å²) < 4.78 is 2.19. The molecule has 0 radical (unpaired) electrons. The predicted octanol–water partition coefficient (Wildman–Crippen LogP) is 6.40. The van der Waals surface area contributed by atoms with Crippen LogP contribution in [0.2, 0.25) is 0 Å². The van der Waals surface area contributed by atoms with Gasteiger partial charge in [0, 0.05) is 18.0 Å². The molecule has 0 aliphatic carbocycles. The largest absolute Gasteiger partial charge is 0.328 e. The highest BCUT2D eigenvalue weighted by molar-refractivity contribution is 6.23. The van der Waals surface area contributed by atoms with Crippen molar-refractivity contribution in [2.75, 3.05) is 0 Å². The Morgan fingerprint density at radius 3 is 2.28 bits per heavy atom. The van der Waals surface area contributed by atoms with E-state index in [1.54, 1.807) is 0 Å². The molecule has 3 nitrogen and oxygen atoms in total. The van der Waals surface area contributed by atoms with Crippen molar-refractivity contribution in [3.63, 3.8) is 0 Å². The second-order valence-corrected chi connectivity index (χ2v) is 7.62. The Labute approximate surface area is 168 Å². The molecule has 0 atom stereocenters. The van der Waals surface area contributed by atoms with Crippen molar-refractivity contribution in [2.45, 2.75) is 6.92 Å². The van der Waals surface area contributed by atoms with Gasteiger partial charge in [-0.3, -0.25) is 0 Å². The molecule has 4 aromatic carbocycles. The van der Waals surface area contributed by atoms with Crippen molar-refractivity contribution in [2.24, 2.45) is 7.05 Å². The molecule has 2 heterocycles. The molecule has 0 saturated heterocycles. The summed E-state index contributed by atoms with van der Waals surface area (Å²) >= 11 is 0. The van der Waals surface area contributed by atoms with E-state index in [1.807, 2.05) is 6.92 Å². The Balaban J connectivity index is 1.82. The van der Waals surface area contributed by atoms with E-state index in [2.05, 4.69) is 90.5 Å². The molecule has 0 unspecified atom stereocenters. The summed E-state index contributed by atoms with van der Waals surface area (Å²) in [5.41, 5.74) is 4.28. The van der Waals surface area contributed by atoms with Gasteiger partial charge in [0.05, 0.1) is 16.6 Å². The van der Waals surface area contributed by atoms with Crippen molar-refractivity contribution in [3.8, 4) is 11.3 Å². The number of fused-ring (bicyclic) bond motifs is 6. The third-order valence-electron chi connectivity index (χ3n) is 5.86. The van der Waals surface area contributed by atoms with Gasteiger partial charge in [-0.1, -0.05) is 66.7 Å². The number of benzene rings is 4. The smallest absolute Gasteiger partial charge is 0.145 e. The van der Waals surface area contributed by atoms with E-state index >= 15 is 0 Å². The zero-order chi connectivity index (χ0) is 19.5. The van der Waals surface area contributed by atoms with E-state index in [0.717, 1.165) is 28.1 Å². The minimum absolute atomic E-state index is 0.788. The Morgan fingerprint density at radius 1 is 0.690 bits per heavy atom. The third-order valence-corrected chi connectivity index (χ3v) is 5.86. The van der Waals surface area contributed by atoms with Gasteiger partial charge in [-0.2, -0.15) is 0 Å². The molecule has 29 heavy (non-hydrogen) atoms. The fourth-order valence-corrected chi connectivity index (χ4v) is 4.49. The first kappa shape index (κ1) is 16.3. The van der Waals surface area contributed by atoms with Crippen LogP contribution in [0.15, 0.2) is 78.9 Å². The molecule has 0 aliphatic heterocycles. The average molecular weight is 373 g/mol. The molecule has 3 heteroatoms. The molecule has 0 N–H and O–H groups in total. The Morgan fingerprint density at radius 2 is 1.41 bits per heavy atom. The zero-order valence-electron chi connectivity index (χ0n) is 16.3. The highest BCUT2D eigenvalue weighted by atomic mass is 15.0. The van der Waals surface area contributed by atoms with Gasteiger partial charge < -0.3 is 4.57 Å². The van der Waals surface area contributed by atoms with Crippen LogP contribution in [0.3, 0.4) is 0 Å². The summed E-state index contributed by atoms with van der Waals surface area (Å²) in [7, 11) is 2.09. The van der Waals surface area contributed by atoms with Gasteiger partial charge in [-0.15, -0.1) is 0 Å². The van der Waals surface area contributed by atoms with E-state index in [1.165, 1.54) is 32.4 Å². The fraction of sp³-hybridized carbons (Fsp3) is 0.0769. The highest BCUT2D eigenvalue weighted by Gasteiger charge is 2.18. The lowest BCUT2D eigenvalue weighted by atomic mass is 9.99. The Kier molecular flexibility index (Phi) is 3.30. The van der Waals surface area contributed by atoms with Crippen molar-refractivity contribution in [3.05, 3.63) is 84.7 Å². The lowest BCUT2D eigenvalue weighted by molar-refractivity contribution is 0.966. The van der Waals surface area contributed by atoms with Gasteiger partial charge in [0.15, 0.2) is 0 Å². The summed E-state index contributed by atoms with van der Waals surface area (Å²) in [6, 6.07) is 28.0. The van der Waals surface area contributed by atoms with Gasteiger partial charge in [0.2, 0.25) is 0 Å². The average Bonchev–Trinajstić information content (AvgIpc) is 3.05. The van der Waals surface area contributed by atoms with E-state index in [4.69, 9.17) is 9.97 Å². The van der Waals surface area contributed by atoms with Crippen LogP contribution in [0.4, 0.5) is 0 Å². The zero-order valence-corrected chi connectivity index (χ0v) is 16.3. The second-order valence-electron chi connectivity index (χ2n) is 7.62. The van der Waals surface area contributed by atoms with Crippen LogP contribution < -0.4 is 0 Å². The normalized spacial score (nSPS) is 11.8. The number of aromatic nitrogens is 3. The molecule has 0 bridgehead atoms. The van der Waals surface area contributed by atoms with E-state index in [-0.39, 0.29) is 0 Å². The van der Waals surface area contributed by atoms with Gasteiger partial charge >= 0.3 is 0 Å². The second kappa shape index (κ2) is 5.89. The van der Waals surface area contributed by atoms with Crippen LogP contribution in [0.25, 0.3) is 54.7 Å². The maximum absolute atomic E-state index is 4.92. The molecule has 0 spiro atoms. The molecule has 0 amide bonds. The fourth-order valence-electron chi connectivity index (χ4n) is 4.49. The van der Waals surface area contributed by atoms with E-state index in [0.29, 0.717) is 0 Å². The molecule has 6 aromatic rings. The number of rotatable bonds is 1. The number of hydrogen-bond donors (Lipinski definition) is 0. The van der Waals surface area contributed by atoms with Crippen LogP contribution in [0, 0.1) is 6.92 Å². The lowest BCUT2D eigenvalue weighted by Crippen LogP contribution is -1.96. The topological polar surface area (TPSA) is 30.7 Å². The van der Waals surface area contributed by atoms with Crippen LogP contribution >= 0.6 is 0 Å². The van der Waals surface area contributed by atoms with Crippen LogP contribution in [0.1, 0.15) is 5.82 Å². The standard InChI is InChI=1S/C26H19N3/c1-16-27-25(20-12-11-17-7-3-4-9-19(17)15-20)24-23-21-10-6-5-8-18(21)13-14-22(23)29(2)26(24)28-16/h3-15H,1-2H3. The predicted molar refractivity (Wildman–Crippen MR) is 121 cm³/mol. The Bertz CT molecular complexity index is 1570. The van der Waals surface area contributed by atoms with Crippen LogP contribution in [0.5, 0.6) is 0 Å². The van der Waals surface area contributed by atoms with Crippen LogP contribution in [-0.2, 0) is 7.05 Å². The molecule has 0 saturated carbocycles. The quantitative estimate of drug-likeness (QED) is 0.334. The molecule has 6 rings (SSSR count). The number of hydrogen-bond acceptors (Lipinski definition) is 2. The molecule has 0 aliphatic rings. The first-order valence-corrected chi connectivity index (χ1v) is 9.84. The maximum atomic E-state index is 4.92. The monoisotopic (exact) mass is 373 g/mol. The van der Waals surface area contributed by atoms with Gasteiger partial charge in [0.1, 0.15) is 11.5 Å². The van der Waals surface area contributed by atoms with Crippen LogP contribution in [-0.4, -0.2) is 14.5 Å². The van der Waals surface area contributed by atoms with Crippen molar-refractivity contribution < 1.29 is 0 Å². The summed E-state index contributed by atoms with van der Waals surface area (Å²) in [5, 5.41) is 7.28. The minimum atomic E-state index is 0.788. The highest BCUT2D eigenvalue weighted by Crippen LogP contribution is 2.38. The first-order chi connectivity index (χ1) is 14.2. The van der Waals surface area contributed by atoms with E-state index in [9.17, 15) is 0 Å². The van der Waals surface area contributed by atoms with Gasteiger partial charge in [-0.05, 0) is 40.6 Å². The SMILES string of the molecule is Cc1nc(-c2ccc3ccccc3c2)c2c3c4ccccc4ccc3n(C)c2n1. The molecular formula is C26H19N3. The van der Waals surface area contributed by atoms with Crippen molar-refractivity contribution in [1.82, 2.24) is 14.5 Å². The Hall–Kier alpha value is -3.72. The number of nitrogens with zero attached hydrogens (tertiary/aromatic N) is 3. The summed E-state index contributed by atoms with van der Waals surface area (Å²) in [6.45, 7) is 1.97. The number of aryl methyl sites for hydroxylation is 2. The molecular weight excluding hydrogens is 354 g/mol. The molecule has 2 aromatic heterocycles. The van der Waals surface area contributed by atoms with Gasteiger partial charge in [-0.25, -0.2) is 9.97 Å². The van der Waals surface area contributed by atoms with E-state index < -0.39 is 0 Å². The van der Waals surface area contributed by atoms with Gasteiger partial charge in [0.25, 0.3) is 0 Å². The summed E-state index contributed by atoms with van der Waals surface area (Å²) in [4.78, 5) is 9.74. The minimum Gasteiger partial charge on any atom is -0.328 e. The third kappa shape index (κ3) is 2.31. The molecule has 138 valence electrons. The molecule has 0 fully saturated rings. The lowest BCUT2D eigenvalue weighted by Gasteiger charge is -2.08. The van der Waals surface area contributed by atoms with Crippen molar-refractivity contribution >= 4 is 43.5 Å².